The molecule has 0 fully saturated rings. The first-order valence-corrected chi connectivity index (χ1v) is 6.36. The highest BCUT2D eigenvalue weighted by molar-refractivity contribution is 9.10. The maximum absolute atomic E-state index is 13.1. The molecule has 0 aliphatic carbocycles. The standard InChI is InChI=1S/C13H9BrClF2N/c14-10-3-2-9(16)6-13(10)18-7-8-1-4-12(17)11(15)5-8/h1-6,18H,7H2. The molecule has 5 heteroatoms. The molecule has 0 saturated heterocycles. The molecule has 2 aromatic carbocycles. The minimum atomic E-state index is -0.452. The van der Waals surface area contributed by atoms with E-state index in [0.717, 1.165) is 10.0 Å². The fourth-order valence-corrected chi connectivity index (χ4v) is 2.07. The van der Waals surface area contributed by atoms with Gasteiger partial charge in [-0.2, -0.15) is 0 Å². The van der Waals surface area contributed by atoms with E-state index < -0.39 is 5.82 Å². The molecule has 2 rings (SSSR count). The number of anilines is 1. The van der Waals surface area contributed by atoms with Crippen LogP contribution in [0, 0.1) is 11.6 Å². The molecule has 0 saturated carbocycles. The van der Waals surface area contributed by atoms with Gasteiger partial charge in [0.25, 0.3) is 0 Å². The van der Waals surface area contributed by atoms with E-state index in [0.29, 0.717) is 12.2 Å². The van der Waals surface area contributed by atoms with Crippen LogP contribution >= 0.6 is 27.5 Å². The summed E-state index contributed by atoms with van der Waals surface area (Å²) in [5, 5.41) is 3.13. The van der Waals surface area contributed by atoms with Crippen LogP contribution in [0.1, 0.15) is 5.56 Å². The smallest absolute Gasteiger partial charge is 0.141 e. The van der Waals surface area contributed by atoms with Crippen molar-refractivity contribution < 1.29 is 8.78 Å². The van der Waals surface area contributed by atoms with Gasteiger partial charge >= 0.3 is 0 Å². The first-order valence-electron chi connectivity index (χ1n) is 5.19. The molecule has 1 nitrogen and oxygen atoms in total. The number of benzene rings is 2. The summed E-state index contributed by atoms with van der Waals surface area (Å²) in [6.45, 7) is 0.433. The molecular weight excluding hydrogens is 324 g/mol. The molecule has 0 spiro atoms. The number of rotatable bonds is 3. The van der Waals surface area contributed by atoms with E-state index in [1.165, 1.54) is 24.3 Å². The van der Waals surface area contributed by atoms with Crippen molar-refractivity contribution in [2.75, 3.05) is 5.32 Å². The Morgan fingerprint density at radius 2 is 1.89 bits per heavy atom. The zero-order valence-corrected chi connectivity index (χ0v) is 11.5. The maximum atomic E-state index is 13.1. The maximum Gasteiger partial charge on any atom is 0.141 e. The van der Waals surface area contributed by atoms with Crippen LogP contribution < -0.4 is 5.32 Å². The third-order valence-electron chi connectivity index (χ3n) is 2.40. The first-order chi connectivity index (χ1) is 8.56. The summed E-state index contributed by atoms with van der Waals surface area (Å²) in [7, 11) is 0. The van der Waals surface area contributed by atoms with Crippen LogP contribution in [-0.2, 0) is 6.54 Å². The highest BCUT2D eigenvalue weighted by Crippen LogP contribution is 2.24. The van der Waals surface area contributed by atoms with Gasteiger partial charge in [0.15, 0.2) is 0 Å². The second-order valence-electron chi connectivity index (χ2n) is 3.73. The normalized spacial score (nSPS) is 10.4. The third kappa shape index (κ3) is 3.21. The van der Waals surface area contributed by atoms with Crippen LogP contribution in [0.25, 0.3) is 0 Å². The van der Waals surface area contributed by atoms with Crippen LogP contribution in [0.15, 0.2) is 40.9 Å². The van der Waals surface area contributed by atoms with Gasteiger partial charge in [-0.25, -0.2) is 8.78 Å². The van der Waals surface area contributed by atoms with Gasteiger partial charge < -0.3 is 5.32 Å². The zero-order chi connectivity index (χ0) is 13.1. The van der Waals surface area contributed by atoms with Gasteiger partial charge in [0.2, 0.25) is 0 Å². The zero-order valence-electron chi connectivity index (χ0n) is 9.18. The highest BCUT2D eigenvalue weighted by Gasteiger charge is 2.03. The summed E-state index contributed by atoms with van der Waals surface area (Å²) in [5.74, 6) is -0.773. The Labute approximate surface area is 117 Å². The van der Waals surface area contributed by atoms with Crippen LogP contribution in [-0.4, -0.2) is 0 Å². The molecule has 0 atom stereocenters. The van der Waals surface area contributed by atoms with E-state index in [-0.39, 0.29) is 10.8 Å². The highest BCUT2D eigenvalue weighted by atomic mass is 79.9. The summed E-state index contributed by atoms with van der Waals surface area (Å²) in [6.07, 6.45) is 0. The summed E-state index contributed by atoms with van der Waals surface area (Å²) in [4.78, 5) is 0. The Bertz CT molecular complexity index is 575. The third-order valence-corrected chi connectivity index (χ3v) is 3.38. The van der Waals surface area contributed by atoms with Gasteiger partial charge in [-0.05, 0) is 51.8 Å². The van der Waals surface area contributed by atoms with Gasteiger partial charge in [0.05, 0.1) is 10.7 Å². The molecule has 0 radical (unpaired) electrons. The second kappa shape index (κ2) is 5.67. The van der Waals surface area contributed by atoms with Crippen LogP contribution in [0.2, 0.25) is 5.02 Å². The monoisotopic (exact) mass is 331 g/mol. The van der Waals surface area contributed by atoms with E-state index in [1.807, 2.05) is 0 Å². The predicted octanol–water partition coefficient (Wildman–Crippen LogP) is 4.99. The van der Waals surface area contributed by atoms with Crippen molar-refractivity contribution in [2.45, 2.75) is 6.54 Å². The van der Waals surface area contributed by atoms with Crippen molar-refractivity contribution >= 4 is 33.2 Å². The van der Waals surface area contributed by atoms with Crippen LogP contribution in [0.5, 0.6) is 0 Å². The average Bonchev–Trinajstić information content (AvgIpc) is 2.34. The lowest BCUT2D eigenvalue weighted by Gasteiger charge is -2.09. The fourth-order valence-electron chi connectivity index (χ4n) is 1.48. The molecule has 2 aromatic rings. The molecule has 0 unspecified atom stereocenters. The molecule has 0 aliphatic heterocycles. The Morgan fingerprint density at radius 3 is 2.61 bits per heavy atom. The summed E-state index contributed by atoms with van der Waals surface area (Å²) in [5.41, 5.74) is 1.45. The predicted molar refractivity (Wildman–Crippen MR) is 72.8 cm³/mol. The molecule has 1 N–H and O–H groups in total. The van der Waals surface area contributed by atoms with E-state index >= 15 is 0 Å². The summed E-state index contributed by atoms with van der Waals surface area (Å²) in [6, 6.07) is 8.84. The molecule has 0 aromatic heterocycles. The molecule has 94 valence electrons. The summed E-state index contributed by atoms with van der Waals surface area (Å²) < 4.78 is 26.8. The number of hydrogen-bond donors (Lipinski definition) is 1. The van der Waals surface area contributed by atoms with E-state index in [4.69, 9.17) is 11.6 Å². The van der Waals surface area contributed by atoms with Gasteiger partial charge in [-0.3, -0.25) is 0 Å². The van der Waals surface area contributed by atoms with Crippen molar-refractivity contribution in [1.29, 1.82) is 0 Å². The summed E-state index contributed by atoms with van der Waals surface area (Å²) >= 11 is 8.99. The molecule has 0 amide bonds. The number of hydrogen-bond acceptors (Lipinski definition) is 1. The van der Waals surface area contributed by atoms with E-state index in [1.54, 1.807) is 12.1 Å². The van der Waals surface area contributed by atoms with E-state index in [2.05, 4.69) is 21.2 Å². The SMILES string of the molecule is Fc1ccc(Br)c(NCc2ccc(F)c(Cl)c2)c1. The van der Waals surface area contributed by atoms with Crippen molar-refractivity contribution in [2.24, 2.45) is 0 Å². The van der Waals surface area contributed by atoms with Gasteiger partial charge in [0, 0.05) is 11.0 Å². The fraction of sp³-hybridized carbons (Fsp3) is 0.0769. The van der Waals surface area contributed by atoms with Crippen molar-refractivity contribution in [3.8, 4) is 0 Å². The lowest BCUT2D eigenvalue weighted by atomic mass is 10.2. The van der Waals surface area contributed by atoms with Crippen molar-refractivity contribution in [3.05, 3.63) is 63.1 Å². The molecular formula is C13H9BrClF2N. The first kappa shape index (κ1) is 13.3. The lowest BCUT2D eigenvalue weighted by molar-refractivity contribution is 0.627. The second-order valence-corrected chi connectivity index (χ2v) is 4.99. The minimum Gasteiger partial charge on any atom is -0.380 e. The Kier molecular flexibility index (Phi) is 4.19. The lowest BCUT2D eigenvalue weighted by Crippen LogP contribution is -2.00. The minimum absolute atomic E-state index is 0.0765. The van der Waals surface area contributed by atoms with Gasteiger partial charge in [-0.1, -0.05) is 17.7 Å². The largest absolute Gasteiger partial charge is 0.380 e. The Hall–Kier alpha value is -1.13. The van der Waals surface area contributed by atoms with Crippen molar-refractivity contribution in [3.63, 3.8) is 0 Å². The average molecular weight is 333 g/mol. The number of halogens is 4. The van der Waals surface area contributed by atoms with Gasteiger partial charge in [0.1, 0.15) is 11.6 Å². The topological polar surface area (TPSA) is 12.0 Å². The van der Waals surface area contributed by atoms with Crippen LogP contribution in [0.3, 0.4) is 0 Å². The molecule has 0 heterocycles. The van der Waals surface area contributed by atoms with Gasteiger partial charge in [-0.15, -0.1) is 0 Å². The number of nitrogens with one attached hydrogen (secondary N) is 1. The van der Waals surface area contributed by atoms with Crippen molar-refractivity contribution in [1.82, 2.24) is 0 Å². The Balaban J connectivity index is 2.11. The molecule has 0 aliphatic rings. The Morgan fingerprint density at radius 1 is 1.11 bits per heavy atom. The molecule has 18 heavy (non-hydrogen) atoms. The molecule has 0 bridgehead atoms. The van der Waals surface area contributed by atoms with E-state index in [9.17, 15) is 8.78 Å². The quantitative estimate of drug-likeness (QED) is 0.834. The van der Waals surface area contributed by atoms with Crippen LogP contribution in [0.4, 0.5) is 14.5 Å².